The van der Waals surface area contributed by atoms with Gasteiger partial charge in [0.15, 0.2) is 0 Å². The molecule has 1 saturated carbocycles. The van der Waals surface area contributed by atoms with Gasteiger partial charge in [0.05, 0.1) is 5.02 Å². The van der Waals surface area contributed by atoms with Crippen molar-refractivity contribution in [2.45, 2.75) is 31.7 Å². The van der Waals surface area contributed by atoms with Crippen molar-refractivity contribution < 1.29 is 4.79 Å². The molecule has 6 heteroatoms. The third kappa shape index (κ3) is 2.99. The summed E-state index contributed by atoms with van der Waals surface area (Å²) in [6, 6.07) is 1.56. The second-order valence-corrected chi connectivity index (χ2v) is 5.49. The summed E-state index contributed by atoms with van der Waals surface area (Å²) in [5.74, 6) is 0.283. The second kappa shape index (κ2) is 5.95. The fraction of sp³-hybridized carbons (Fsp3) is 0.583. The molecular weight excluding hydrogens is 273 g/mol. The summed E-state index contributed by atoms with van der Waals surface area (Å²) in [5.41, 5.74) is 6.11. The molecule has 1 unspecified atom stereocenters. The smallest absolute Gasteiger partial charge is 0.268 e. The Kier molecular flexibility index (Phi) is 4.54. The summed E-state index contributed by atoms with van der Waals surface area (Å²) in [4.78, 5) is 14.8. The fourth-order valence-electron chi connectivity index (χ4n) is 2.50. The first kappa shape index (κ1) is 13.7. The average Bonchev–Trinajstić information content (AvgIpc) is 2.97. The van der Waals surface area contributed by atoms with Crippen LogP contribution in [-0.2, 0) is 0 Å². The molecule has 1 amide bonds. The van der Waals surface area contributed by atoms with Crippen LogP contribution < -0.4 is 11.1 Å². The lowest BCUT2D eigenvalue weighted by molar-refractivity contribution is 0.0919. The van der Waals surface area contributed by atoms with Crippen LogP contribution in [0.25, 0.3) is 0 Å². The predicted molar refractivity (Wildman–Crippen MR) is 73.1 cm³/mol. The summed E-state index contributed by atoms with van der Waals surface area (Å²) in [5, 5.41) is 3.59. The van der Waals surface area contributed by atoms with Crippen molar-refractivity contribution in [2.75, 3.05) is 6.54 Å². The van der Waals surface area contributed by atoms with Crippen molar-refractivity contribution in [3.8, 4) is 0 Å². The van der Waals surface area contributed by atoms with Crippen LogP contribution in [0, 0.1) is 5.92 Å². The van der Waals surface area contributed by atoms with Crippen molar-refractivity contribution in [1.29, 1.82) is 0 Å². The van der Waals surface area contributed by atoms with E-state index < -0.39 is 0 Å². The monoisotopic (exact) mass is 289 g/mol. The molecule has 2 rings (SSSR count). The number of rotatable bonds is 4. The average molecular weight is 290 g/mol. The number of halogens is 2. The van der Waals surface area contributed by atoms with Crippen molar-refractivity contribution in [1.82, 2.24) is 10.3 Å². The van der Waals surface area contributed by atoms with Gasteiger partial charge in [0.2, 0.25) is 0 Å². The highest BCUT2D eigenvalue weighted by atomic mass is 35.5. The van der Waals surface area contributed by atoms with Gasteiger partial charge in [-0.1, -0.05) is 36.0 Å². The van der Waals surface area contributed by atoms with Gasteiger partial charge in [-0.2, -0.15) is 0 Å². The van der Waals surface area contributed by atoms with Gasteiger partial charge in [-0.25, -0.2) is 0 Å². The first-order valence-corrected chi connectivity index (χ1v) is 6.92. The Morgan fingerprint density at radius 3 is 2.67 bits per heavy atom. The van der Waals surface area contributed by atoms with Crippen LogP contribution in [0.4, 0.5) is 0 Å². The number of aromatic amines is 1. The maximum atomic E-state index is 12.0. The molecule has 0 bridgehead atoms. The molecule has 0 saturated heterocycles. The molecule has 1 heterocycles. The molecule has 1 aromatic rings. The number of hydrogen-bond acceptors (Lipinski definition) is 2. The lowest BCUT2D eigenvalue weighted by Gasteiger charge is -2.22. The van der Waals surface area contributed by atoms with Crippen LogP contribution in [0.1, 0.15) is 36.2 Å². The quantitative estimate of drug-likeness (QED) is 0.797. The molecule has 0 aromatic carbocycles. The van der Waals surface area contributed by atoms with E-state index in [-0.39, 0.29) is 17.1 Å². The molecular formula is C12H17Cl2N3O. The zero-order valence-electron chi connectivity index (χ0n) is 10.0. The van der Waals surface area contributed by atoms with Crippen LogP contribution >= 0.6 is 23.2 Å². The minimum absolute atomic E-state index is 0.0286. The fourth-order valence-corrected chi connectivity index (χ4v) is 2.81. The van der Waals surface area contributed by atoms with Crippen molar-refractivity contribution in [3.05, 3.63) is 21.9 Å². The highest BCUT2D eigenvalue weighted by Gasteiger charge is 2.26. The zero-order valence-corrected chi connectivity index (χ0v) is 11.5. The second-order valence-electron chi connectivity index (χ2n) is 4.71. The Bertz CT molecular complexity index is 407. The summed E-state index contributed by atoms with van der Waals surface area (Å²) >= 11 is 11.6. The number of carbonyl (C=O) groups is 1. The minimum atomic E-state index is -0.203. The summed E-state index contributed by atoms with van der Waals surface area (Å²) < 4.78 is 0. The number of hydrogen-bond donors (Lipinski definition) is 3. The molecule has 0 aliphatic heterocycles. The topological polar surface area (TPSA) is 70.9 Å². The molecule has 1 aromatic heterocycles. The Labute approximate surface area is 116 Å². The molecule has 1 aliphatic rings. The molecule has 1 aliphatic carbocycles. The van der Waals surface area contributed by atoms with Gasteiger partial charge in [-0.3, -0.25) is 4.79 Å². The SMILES string of the molecule is NCC(NC(=O)c1cc(Cl)c(Cl)[nH]1)C1CCCC1. The Balaban J connectivity index is 2.00. The Hall–Kier alpha value is -0.710. The minimum Gasteiger partial charge on any atom is -0.346 e. The van der Waals surface area contributed by atoms with E-state index in [9.17, 15) is 4.79 Å². The maximum absolute atomic E-state index is 12.0. The third-order valence-electron chi connectivity index (χ3n) is 3.51. The molecule has 100 valence electrons. The highest BCUT2D eigenvalue weighted by molar-refractivity contribution is 6.41. The third-order valence-corrected chi connectivity index (χ3v) is 4.20. The van der Waals surface area contributed by atoms with Crippen molar-refractivity contribution in [2.24, 2.45) is 11.7 Å². The number of aromatic nitrogens is 1. The summed E-state index contributed by atoms with van der Waals surface area (Å²) in [7, 11) is 0. The van der Waals surface area contributed by atoms with E-state index in [0.29, 0.717) is 23.2 Å². The van der Waals surface area contributed by atoms with Gasteiger partial charge < -0.3 is 16.0 Å². The highest BCUT2D eigenvalue weighted by Crippen LogP contribution is 2.28. The van der Waals surface area contributed by atoms with Crippen molar-refractivity contribution >= 4 is 29.1 Å². The Morgan fingerprint density at radius 2 is 2.17 bits per heavy atom. The Morgan fingerprint density at radius 1 is 1.50 bits per heavy atom. The molecule has 1 fully saturated rings. The lowest BCUT2D eigenvalue weighted by Crippen LogP contribution is -2.44. The molecule has 0 spiro atoms. The van der Waals surface area contributed by atoms with E-state index in [1.54, 1.807) is 0 Å². The first-order chi connectivity index (χ1) is 8.61. The zero-order chi connectivity index (χ0) is 13.1. The molecule has 4 nitrogen and oxygen atoms in total. The normalized spacial score (nSPS) is 17.9. The van der Waals surface area contributed by atoms with E-state index in [1.807, 2.05) is 0 Å². The van der Waals surface area contributed by atoms with E-state index in [0.717, 1.165) is 12.8 Å². The molecule has 0 radical (unpaired) electrons. The summed E-state index contributed by atoms with van der Waals surface area (Å²) in [6.07, 6.45) is 4.71. The predicted octanol–water partition coefficient (Wildman–Crippen LogP) is 2.57. The van der Waals surface area contributed by atoms with Crippen LogP contribution in [0.3, 0.4) is 0 Å². The maximum Gasteiger partial charge on any atom is 0.268 e. The number of amides is 1. The van der Waals surface area contributed by atoms with Gasteiger partial charge >= 0.3 is 0 Å². The van der Waals surface area contributed by atoms with Crippen LogP contribution in [0.5, 0.6) is 0 Å². The van der Waals surface area contributed by atoms with Gasteiger partial charge in [0, 0.05) is 12.6 Å². The number of nitrogens with one attached hydrogen (secondary N) is 2. The molecule has 1 atom stereocenters. The summed E-state index contributed by atoms with van der Waals surface area (Å²) in [6.45, 7) is 0.457. The van der Waals surface area contributed by atoms with E-state index in [2.05, 4.69) is 10.3 Å². The standard InChI is InChI=1S/C12H17Cl2N3O/c13-8-5-9(16-11(8)14)12(18)17-10(6-15)7-3-1-2-4-7/h5,7,10,16H,1-4,6,15H2,(H,17,18). The van der Waals surface area contributed by atoms with Crippen LogP contribution in [0.15, 0.2) is 6.07 Å². The number of carbonyl (C=O) groups excluding carboxylic acids is 1. The van der Waals surface area contributed by atoms with Crippen LogP contribution in [-0.4, -0.2) is 23.5 Å². The van der Waals surface area contributed by atoms with Crippen molar-refractivity contribution in [3.63, 3.8) is 0 Å². The number of H-pyrrole nitrogens is 1. The number of nitrogens with two attached hydrogens (primary N) is 1. The van der Waals surface area contributed by atoms with E-state index in [1.165, 1.54) is 18.9 Å². The van der Waals surface area contributed by atoms with Gasteiger partial charge in [0.25, 0.3) is 5.91 Å². The van der Waals surface area contributed by atoms with E-state index in [4.69, 9.17) is 28.9 Å². The van der Waals surface area contributed by atoms with Gasteiger partial charge in [0.1, 0.15) is 10.8 Å². The molecule has 4 N–H and O–H groups in total. The lowest BCUT2D eigenvalue weighted by atomic mass is 9.98. The van der Waals surface area contributed by atoms with Gasteiger partial charge in [-0.15, -0.1) is 0 Å². The van der Waals surface area contributed by atoms with Gasteiger partial charge in [-0.05, 0) is 24.8 Å². The first-order valence-electron chi connectivity index (χ1n) is 6.16. The van der Waals surface area contributed by atoms with E-state index >= 15 is 0 Å². The molecule has 18 heavy (non-hydrogen) atoms. The van der Waals surface area contributed by atoms with Crippen LogP contribution in [0.2, 0.25) is 10.2 Å². The largest absolute Gasteiger partial charge is 0.346 e.